The van der Waals surface area contributed by atoms with E-state index >= 15 is 0 Å². The molecule has 9 heteroatoms. The standard InChI is InChI=1S/C8H7ClN2.C6H10N2O3.C4H5F.C4H8.C2H6/c1-5-2-6-3-8(9)10-4-7(6)11-5;9-4-7-1-6(11)8-2-5(10)3-8;1-3-4(2)5;1-3-4-2;1-2/h2-4,11H,1H3;4-5,10H,1-3H2,(H,7,9);3H,1-2H2;3-4H,1-2H3;1-2H3/b;;;4-3+;. The van der Waals surface area contributed by atoms with Crippen LogP contribution in [0.2, 0.25) is 5.15 Å². The molecule has 0 saturated carbocycles. The van der Waals surface area contributed by atoms with Crippen LogP contribution >= 0.6 is 11.6 Å². The molecule has 0 aromatic carbocycles. The van der Waals surface area contributed by atoms with Gasteiger partial charge in [0.1, 0.15) is 11.0 Å². The van der Waals surface area contributed by atoms with Gasteiger partial charge in [-0.05, 0) is 39.0 Å². The van der Waals surface area contributed by atoms with E-state index in [1.165, 1.54) is 4.90 Å². The lowest BCUT2D eigenvalue weighted by Gasteiger charge is -2.35. The fraction of sp³-hybridized carbons (Fsp3) is 0.375. The van der Waals surface area contributed by atoms with E-state index in [4.69, 9.17) is 16.7 Å². The molecule has 0 radical (unpaired) electrons. The maximum atomic E-state index is 11.1. The average Bonchev–Trinajstić information content (AvgIpc) is 3.16. The number of aromatic nitrogens is 2. The third-order valence-corrected chi connectivity index (χ3v) is 3.92. The number of aromatic amines is 1. The number of halogens is 2. The van der Waals surface area contributed by atoms with Crippen LogP contribution in [0, 0.1) is 6.92 Å². The number of hydrogen-bond acceptors (Lipinski definition) is 4. The first-order chi connectivity index (χ1) is 15.7. The van der Waals surface area contributed by atoms with Gasteiger partial charge in [0.15, 0.2) is 0 Å². The van der Waals surface area contributed by atoms with Crippen LogP contribution in [0.1, 0.15) is 33.4 Å². The fourth-order valence-electron chi connectivity index (χ4n) is 2.05. The van der Waals surface area contributed by atoms with Gasteiger partial charge < -0.3 is 20.3 Å². The van der Waals surface area contributed by atoms with E-state index in [9.17, 15) is 14.0 Å². The Kier molecular flexibility index (Phi) is 19.2. The quantitative estimate of drug-likeness (QED) is 0.254. The van der Waals surface area contributed by atoms with E-state index in [2.05, 4.69) is 28.4 Å². The van der Waals surface area contributed by atoms with Crippen molar-refractivity contribution in [1.29, 1.82) is 0 Å². The topological polar surface area (TPSA) is 98.3 Å². The van der Waals surface area contributed by atoms with Gasteiger partial charge in [-0.1, -0.05) is 50.8 Å². The zero-order chi connectivity index (χ0) is 25.8. The predicted molar refractivity (Wildman–Crippen MR) is 135 cm³/mol. The number of aliphatic hydroxyl groups is 1. The van der Waals surface area contributed by atoms with Crippen LogP contribution in [0.4, 0.5) is 4.39 Å². The Morgan fingerprint density at radius 2 is 1.91 bits per heavy atom. The largest absolute Gasteiger partial charge is 0.389 e. The molecule has 0 spiro atoms. The summed E-state index contributed by atoms with van der Waals surface area (Å²) in [4.78, 5) is 29.3. The number of pyridine rings is 1. The number of likely N-dealkylation sites (tertiary alicyclic amines) is 1. The summed E-state index contributed by atoms with van der Waals surface area (Å²) >= 11 is 5.70. The monoisotopic (exact) mass is 482 g/mol. The summed E-state index contributed by atoms with van der Waals surface area (Å²) in [5.41, 5.74) is 2.16. The number of nitrogens with zero attached hydrogens (tertiary/aromatic N) is 2. The number of aryl methyl sites for hydroxylation is 1. The second-order valence-electron chi connectivity index (χ2n) is 6.32. The van der Waals surface area contributed by atoms with Crippen LogP contribution in [0.15, 0.2) is 55.5 Å². The van der Waals surface area contributed by atoms with Crippen molar-refractivity contribution in [3.63, 3.8) is 0 Å². The molecule has 3 rings (SSSR count). The summed E-state index contributed by atoms with van der Waals surface area (Å²) in [6.07, 6.45) is 6.90. The van der Waals surface area contributed by atoms with E-state index in [1.54, 1.807) is 6.20 Å². The normalized spacial score (nSPS) is 11.7. The smallest absolute Gasteiger partial charge is 0.242 e. The van der Waals surface area contributed by atoms with Crippen LogP contribution in [0.3, 0.4) is 0 Å². The molecule has 0 unspecified atom stereocenters. The van der Waals surface area contributed by atoms with E-state index < -0.39 is 5.83 Å². The maximum Gasteiger partial charge on any atom is 0.242 e. The molecule has 2 aromatic rings. The molecule has 1 aliphatic heterocycles. The van der Waals surface area contributed by atoms with Gasteiger partial charge >= 0.3 is 0 Å². The summed E-state index contributed by atoms with van der Waals surface area (Å²) in [5, 5.41) is 12.7. The molecule has 0 atom stereocenters. The minimum Gasteiger partial charge on any atom is -0.389 e. The van der Waals surface area contributed by atoms with Crippen LogP contribution in [-0.4, -0.2) is 58.0 Å². The van der Waals surface area contributed by atoms with Crippen LogP contribution < -0.4 is 5.32 Å². The Balaban J connectivity index is 0. The number of aliphatic hydroxyl groups excluding tert-OH is 1. The highest BCUT2D eigenvalue weighted by Crippen LogP contribution is 2.16. The molecule has 33 heavy (non-hydrogen) atoms. The zero-order valence-corrected chi connectivity index (χ0v) is 20.8. The highest BCUT2D eigenvalue weighted by atomic mass is 35.5. The minimum absolute atomic E-state index is 0.0240. The molecule has 1 aliphatic rings. The molecule has 184 valence electrons. The molecular formula is C24H36ClFN4O3. The Hall–Kier alpha value is -2.97. The van der Waals surface area contributed by atoms with Crippen molar-refractivity contribution in [3.05, 3.63) is 66.4 Å². The van der Waals surface area contributed by atoms with Crippen molar-refractivity contribution in [2.75, 3.05) is 19.6 Å². The lowest BCUT2D eigenvalue weighted by Crippen LogP contribution is -2.55. The summed E-state index contributed by atoms with van der Waals surface area (Å²) < 4.78 is 11.1. The number of rotatable bonds is 4. The number of carbonyl (C=O) groups excluding carboxylic acids is 2. The maximum absolute atomic E-state index is 11.1. The first-order valence-corrected chi connectivity index (χ1v) is 10.8. The number of fused-ring (bicyclic) bond motifs is 1. The molecular weight excluding hydrogens is 447 g/mol. The third kappa shape index (κ3) is 15.5. The molecule has 1 saturated heterocycles. The molecule has 3 heterocycles. The fourth-order valence-corrected chi connectivity index (χ4v) is 2.22. The minimum atomic E-state index is -0.481. The number of carbonyl (C=O) groups is 2. The van der Waals surface area contributed by atoms with Gasteiger partial charge in [-0.2, -0.15) is 0 Å². The van der Waals surface area contributed by atoms with Crippen molar-refractivity contribution >= 4 is 34.8 Å². The number of hydrogen-bond donors (Lipinski definition) is 3. The summed E-state index contributed by atoms with van der Waals surface area (Å²) in [7, 11) is 0. The number of H-pyrrole nitrogens is 1. The van der Waals surface area contributed by atoms with Gasteiger partial charge in [-0.25, -0.2) is 9.37 Å². The molecule has 3 N–H and O–H groups in total. The van der Waals surface area contributed by atoms with E-state index in [0.29, 0.717) is 24.7 Å². The Labute approximate surface area is 201 Å². The van der Waals surface area contributed by atoms with Crippen molar-refractivity contribution in [2.45, 2.75) is 40.7 Å². The van der Waals surface area contributed by atoms with Gasteiger partial charge in [0, 0.05) is 24.2 Å². The second kappa shape index (κ2) is 19.7. The first kappa shape index (κ1) is 32.2. The Morgan fingerprint density at radius 3 is 2.33 bits per heavy atom. The zero-order valence-electron chi connectivity index (χ0n) is 20.1. The number of allylic oxidation sites excluding steroid dienone is 4. The van der Waals surface area contributed by atoms with Crippen LogP contribution in [0.25, 0.3) is 10.9 Å². The third-order valence-electron chi connectivity index (χ3n) is 3.71. The van der Waals surface area contributed by atoms with Gasteiger partial charge in [0.2, 0.25) is 12.3 Å². The van der Waals surface area contributed by atoms with Gasteiger partial charge in [0.25, 0.3) is 0 Å². The van der Waals surface area contributed by atoms with Gasteiger partial charge in [-0.3, -0.25) is 9.59 Å². The van der Waals surface area contributed by atoms with E-state index in [1.807, 2.05) is 58.9 Å². The first-order valence-electron chi connectivity index (χ1n) is 10.5. The summed E-state index contributed by atoms with van der Waals surface area (Å²) in [6, 6.07) is 3.89. The number of β-amino-alcohol motifs (C(OH)–C–C–N with tert-alkyl or cyclic N) is 1. The average molecular weight is 483 g/mol. The highest BCUT2D eigenvalue weighted by Gasteiger charge is 2.27. The lowest BCUT2D eigenvalue weighted by molar-refractivity contribution is -0.140. The van der Waals surface area contributed by atoms with Crippen molar-refractivity contribution in [2.24, 2.45) is 0 Å². The summed E-state index contributed by atoms with van der Waals surface area (Å²) in [5.74, 6) is -0.632. The van der Waals surface area contributed by atoms with Crippen molar-refractivity contribution in [1.82, 2.24) is 20.2 Å². The number of amides is 2. The molecule has 0 aliphatic carbocycles. The SMILES string of the molecule is C/C=C/C.C=CC(=C)F.CC.Cc1cc2cc(Cl)ncc2[nH]1.O=CNCC(=O)N1CC(O)C1. The van der Waals surface area contributed by atoms with Crippen molar-refractivity contribution in [3.8, 4) is 0 Å². The molecule has 2 aromatic heterocycles. The van der Waals surface area contributed by atoms with E-state index in [0.717, 1.165) is 22.7 Å². The van der Waals surface area contributed by atoms with Crippen molar-refractivity contribution < 1.29 is 19.1 Å². The van der Waals surface area contributed by atoms with Gasteiger partial charge in [-0.15, -0.1) is 0 Å². The van der Waals surface area contributed by atoms with Crippen LogP contribution in [-0.2, 0) is 9.59 Å². The predicted octanol–water partition coefficient (Wildman–Crippen LogP) is 4.72. The summed E-state index contributed by atoms with van der Waals surface area (Å²) in [6.45, 7) is 16.8. The Morgan fingerprint density at radius 1 is 1.36 bits per heavy atom. The Bertz CT molecular complexity index is 874. The molecule has 2 amide bonds. The lowest BCUT2D eigenvalue weighted by atomic mass is 10.2. The molecule has 1 fully saturated rings. The van der Waals surface area contributed by atoms with Gasteiger partial charge in [0.05, 0.1) is 24.4 Å². The highest BCUT2D eigenvalue weighted by molar-refractivity contribution is 6.30. The molecule has 7 nitrogen and oxygen atoms in total. The van der Waals surface area contributed by atoms with E-state index in [-0.39, 0.29) is 18.6 Å². The molecule has 0 bridgehead atoms. The van der Waals surface area contributed by atoms with Crippen LogP contribution in [0.5, 0.6) is 0 Å². The number of nitrogens with one attached hydrogen (secondary N) is 2. The second-order valence-corrected chi connectivity index (χ2v) is 6.70.